The lowest BCUT2D eigenvalue weighted by atomic mass is 10.2. The Morgan fingerprint density at radius 1 is 1.30 bits per heavy atom. The fourth-order valence-electron chi connectivity index (χ4n) is 2.08. The molecule has 2 rings (SSSR count). The van der Waals surface area contributed by atoms with Crippen LogP contribution in [0.15, 0.2) is 24.3 Å². The van der Waals surface area contributed by atoms with Gasteiger partial charge in [0.15, 0.2) is 0 Å². The Kier molecular flexibility index (Phi) is 6.12. The molecule has 2 aromatic rings. The Labute approximate surface area is 140 Å². The predicted molar refractivity (Wildman–Crippen MR) is 92.1 cm³/mol. The second kappa shape index (κ2) is 8.08. The molecular weight excluding hydrogens is 312 g/mol. The molecule has 23 heavy (non-hydrogen) atoms. The Bertz CT molecular complexity index is 650. The quantitative estimate of drug-likeness (QED) is 0.841. The first-order valence-electron chi connectivity index (χ1n) is 7.48. The van der Waals surface area contributed by atoms with Crippen LogP contribution in [0.3, 0.4) is 0 Å². The van der Waals surface area contributed by atoms with Crippen molar-refractivity contribution < 1.29 is 14.3 Å². The van der Waals surface area contributed by atoms with Gasteiger partial charge >= 0.3 is 0 Å². The number of carbonyl (C=O) groups is 1. The largest absolute Gasteiger partial charge is 0.491 e. The molecule has 5 nitrogen and oxygen atoms in total. The summed E-state index contributed by atoms with van der Waals surface area (Å²) in [6, 6.07) is 7.38. The number of methoxy groups -OCH3 is 1. The molecule has 0 aliphatic heterocycles. The molecule has 0 radical (unpaired) electrons. The fraction of sp³-hybridized carbons (Fsp3) is 0.412. The van der Waals surface area contributed by atoms with Gasteiger partial charge in [-0.2, -0.15) is 0 Å². The van der Waals surface area contributed by atoms with Crippen LogP contribution in [0, 0.1) is 6.92 Å². The highest BCUT2D eigenvalue weighted by Crippen LogP contribution is 2.21. The van der Waals surface area contributed by atoms with Gasteiger partial charge in [-0.05, 0) is 45.0 Å². The maximum absolute atomic E-state index is 12.2. The summed E-state index contributed by atoms with van der Waals surface area (Å²) in [5.41, 5.74) is 1.64. The highest BCUT2D eigenvalue weighted by Gasteiger charge is 2.12. The van der Waals surface area contributed by atoms with Crippen LogP contribution in [-0.4, -0.2) is 24.1 Å². The third-order valence-electron chi connectivity index (χ3n) is 3.04. The topological polar surface area (TPSA) is 60.5 Å². The van der Waals surface area contributed by atoms with E-state index in [-0.39, 0.29) is 12.0 Å². The average Bonchev–Trinajstić information content (AvgIpc) is 2.81. The summed E-state index contributed by atoms with van der Waals surface area (Å²) in [5.74, 6) is 0.735. The molecule has 0 saturated heterocycles. The molecule has 1 amide bonds. The summed E-state index contributed by atoms with van der Waals surface area (Å²) in [5, 5.41) is 3.78. The Morgan fingerprint density at radius 2 is 2.00 bits per heavy atom. The first-order valence-corrected chi connectivity index (χ1v) is 8.30. The van der Waals surface area contributed by atoms with Crippen molar-refractivity contribution in [3.05, 3.63) is 39.8 Å². The zero-order valence-corrected chi connectivity index (χ0v) is 14.7. The molecule has 1 N–H and O–H groups in total. The van der Waals surface area contributed by atoms with Crippen molar-refractivity contribution in [1.29, 1.82) is 0 Å². The van der Waals surface area contributed by atoms with Crippen LogP contribution >= 0.6 is 11.3 Å². The minimum atomic E-state index is -0.0572. The Morgan fingerprint density at radius 3 is 2.61 bits per heavy atom. The molecule has 1 heterocycles. The van der Waals surface area contributed by atoms with E-state index in [1.807, 2.05) is 45.0 Å². The number of hydrogen-bond donors (Lipinski definition) is 1. The van der Waals surface area contributed by atoms with E-state index >= 15 is 0 Å². The van der Waals surface area contributed by atoms with Crippen LogP contribution in [0.1, 0.15) is 29.4 Å². The van der Waals surface area contributed by atoms with E-state index < -0.39 is 0 Å². The van der Waals surface area contributed by atoms with Crippen molar-refractivity contribution in [2.45, 2.75) is 39.9 Å². The fourth-order valence-corrected chi connectivity index (χ4v) is 3.12. The van der Waals surface area contributed by atoms with Crippen LogP contribution in [0.4, 0.5) is 5.69 Å². The van der Waals surface area contributed by atoms with Crippen LogP contribution in [0.2, 0.25) is 0 Å². The van der Waals surface area contributed by atoms with Gasteiger partial charge in [-0.1, -0.05) is 0 Å². The number of aryl methyl sites for hydroxylation is 1. The maximum atomic E-state index is 12.2. The molecule has 0 unspecified atom stereocenters. The van der Waals surface area contributed by atoms with Crippen LogP contribution in [-0.2, 0) is 22.6 Å². The standard InChI is InChI=1S/C17H22N2O3S/c1-11(2)22-14-7-5-13(6-8-14)19-16(20)9-15-12(3)18-17(23-15)10-21-4/h5-8,11H,9-10H2,1-4H3,(H,19,20). The third kappa shape index (κ3) is 5.33. The number of thiazole rings is 1. The number of hydrogen-bond acceptors (Lipinski definition) is 5. The number of carbonyl (C=O) groups excluding carboxylic acids is 1. The van der Waals surface area contributed by atoms with Gasteiger partial charge in [0.2, 0.25) is 5.91 Å². The monoisotopic (exact) mass is 334 g/mol. The van der Waals surface area contributed by atoms with E-state index in [9.17, 15) is 4.79 Å². The molecule has 124 valence electrons. The lowest BCUT2D eigenvalue weighted by Gasteiger charge is -2.10. The van der Waals surface area contributed by atoms with Gasteiger partial charge < -0.3 is 14.8 Å². The molecule has 1 aromatic carbocycles. The number of ether oxygens (including phenoxy) is 2. The van der Waals surface area contributed by atoms with E-state index in [2.05, 4.69) is 10.3 Å². The van der Waals surface area contributed by atoms with Gasteiger partial charge in [-0.15, -0.1) is 11.3 Å². The number of anilines is 1. The minimum Gasteiger partial charge on any atom is -0.491 e. The number of benzene rings is 1. The maximum Gasteiger partial charge on any atom is 0.229 e. The molecule has 1 aromatic heterocycles. The van der Waals surface area contributed by atoms with Crippen LogP contribution < -0.4 is 10.1 Å². The molecule has 0 saturated carbocycles. The van der Waals surface area contributed by atoms with Crippen molar-refractivity contribution in [3.63, 3.8) is 0 Å². The zero-order valence-electron chi connectivity index (χ0n) is 13.9. The lowest BCUT2D eigenvalue weighted by molar-refractivity contribution is -0.115. The van der Waals surface area contributed by atoms with Crippen molar-refractivity contribution >= 4 is 22.9 Å². The zero-order chi connectivity index (χ0) is 16.8. The predicted octanol–water partition coefficient (Wildman–Crippen LogP) is 3.57. The summed E-state index contributed by atoms with van der Waals surface area (Å²) in [7, 11) is 1.63. The highest BCUT2D eigenvalue weighted by atomic mass is 32.1. The van der Waals surface area contributed by atoms with E-state index in [0.717, 1.165) is 27.0 Å². The van der Waals surface area contributed by atoms with Gasteiger partial charge in [0, 0.05) is 17.7 Å². The van der Waals surface area contributed by atoms with E-state index in [4.69, 9.17) is 9.47 Å². The SMILES string of the molecule is COCc1nc(C)c(CC(=O)Nc2ccc(OC(C)C)cc2)s1. The van der Waals surface area contributed by atoms with Crippen molar-refractivity contribution in [2.24, 2.45) is 0 Å². The number of nitrogens with zero attached hydrogens (tertiary/aromatic N) is 1. The smallest absolute Gasteiger partial charge is 0.229 e. The average molecular weight is 334 g/mol. The van der Waals surface area contributed by atoms with Crippen LogP contribution in [0.5, 0.6) is 5.75 Å². The summed E-state index contributed by atoms with van der Waals surface area (Å²) in [6.45, 7) is 6.34. The molecule has 0 aliphatic carbocycles. The Hall–Kier alpha value is -1.92. The second-order valence-corrected chi connectivity index (χ2v) is 6.63. The van der Waals surface area contributed by atoms with E-state index in [1.54, 1.807) is 7.11 Å². The normalized spacial score (nSPS) is 10.8. The van der Waals surface area contributed by atoms with Gasteiger partial charge in [-0.25, -0.2) is 4.98 Å². The van der Waals surface area contributed by atoms with Gasteiger partial charge in [0.25, 0.3) is 0 Å². The Balaban J connectivity index is 1.94. The number of amides is 1. The number of rotatable bonds is 7. The first kappa shape index (κ1) is 17.4. The van der Waals surface area contributed by atoms with Crippen molar-refractivity contribution in [1.82, 2.24) is 4.98 Å². The summed E-state index contributed by atoms with van der Waals surface area (Å²) in [4.78, 5) is 17.5. The van der Waals surface area contributed by atoms with E-state index in [0.29, 0.717) is 13.0 Å². The summed E-state index contributed by atoms with van der Waals surface area (Å²) in [6.07, 6.45) is 0.448. The number of aromatic nitrogens is 1. The van der Waals surface area contributed by atoms with Gasteiger partial charge in [0.05, 0.1) is 24.8 Å². The lowest BCUT2D eigenvalue weighted by Crippen LogP contribution is -2.14. The molecule has 0 bridgehead atoms. The van der Waals surface area contributed by atoms with Crippen LogP contribution in [0.25, 0.3) is 0 Å². The number of nitrogens with one attached hydrogen (secondary N) is 1. The molecule has 0 aliphatic rings. The molecule has 6 heteroatoms. The summed E-state index contributed by atoms with van der Waals surface area (Å²) < 4.78 is 10.7. The molecule has 0 atom stereocenters. The molecule has 0 spiro atoms. The second-order valence-electron chi connectivity index (χ2n) is 5.47. The van der Waals surface area contributed by atoms with E-state index in [1.165, 1.54) is 11.3 Å². The third-order valence-corrected chi connectivity index (χ3v) is 4.17. The molecule has 0 fully saturated rings. The van der Waals surface area contributed by atoms with Crippen molar-refractivity contribution in [2.75, 3.05) is 12.4 Å². The minimum absolute atomic E-state index is 0.0572. The first-order chi connectivity index (χ1) is 11.0. The summed E-state index contributed by atoms with van der Waals surface area (Å²) >= 11 is 1.52. The highest BCUT2D eigenvalue weighted by molar-refractivity contribution is 7.11. The van der Waals surface area contributed by atoms with Gasteiger partial charge in [0.1, 0.15) is 10.8 Å². The molecular formula is C17H22N2O3S. The van der Waals surface area contributed by atoms with Crippen molar-refractivity contribution in [3.8, 4) is 5.75 Å². The van der Waals surface area contributed by atoms with Gasteiger partial charge in [-0.3, -0.25) is 4.79 Å².